The zero-order chi connectivity index (χ0) is 17.4. The molecule has 0 saturated carbocycles. The van der Waals surface area contributed by atoms with Gasteiger partial charge in [-0.1, -0.05) is 61.2 Å². The van der Waals surface area contributed by atoms with Crippen LogP contribution in [0.1, 0.15) is 12.5 Å². The molecule has 0 radical (unpaired) electrons. The average molecular weight is 339 g/mol. The Morgan fingerprint density at radius 3 is 2.58 bits per heavy atom. The predicted octanol–water partition coefficient (Wildman–Crippen LogP) is 4.99. The van der Waals surface area contributed by atoms with E-state index in [4.69, 9.17) is 4.74 Å². The first kappa shape index (κ1) is 17.8. The van der Waals surface area contributed by atoms with Crippen LogP contribution < -0.4 is 9.46 Å². The van der Waals surface area contributed by atoms with Crippen LogP contribution >= 0.6 is 0 Å². The van der Waals surface area contributed by atoms with Crippen molar-refractivity contribution < 1.29 is 8.95 Å². The van der Waals surface area contributed by atoms with E-state index in [0.717, 1.165) is 16.8 Å². The molecule has 0 aliphatic carbocycles. The topological polar surface area (TPSA) is 38.3 Å². The summed E-state index contributed by atoms with van der Waals surface area (Å²) < 4.78 is 20.8. The van der Waals surface area contributed by atoms with Crippen LogP contribution in [0.5, 0.6) is 5.75 Å². The van der Waals surface area contributed by atoms with Gasteiger partial charge < -0.3 is 9.46 Å². The van der Waals surface area contributed by atoms with Crippen LogP contribution in [-0.4, -0.2) is 4.21 Å². The maximum atomic E-state index is 12.2. The largest absolute Gasteiger partial charge is 0.458 e. The number of rotatable bonds is 8. The van der Waals surface area contributed by atoms with E-state index in [1.54, 1.807) is 12.1 Å². The van der Waals surface area contributed by atoms with E-state index in [9.17, 15) is 4.21 Å². The van der Waals surface area contributed by atoms with Gasteiger partial charge in [-0.2, -0.15) is 0 Å². The molecule has 0 aliphatic rings. The quantitative estimate of drug-likeness (QED) is 0.544. The van der Waals surface area contributed by atoms with Crippen molar-refractivity contribution in [3.63, 3.8) is 0 Å². The molecule has 0 heterocycles. The second-order valence-corrected chi connectivity index (χ2v) is 6.54. The Labute approximate surface area is 146 Å². The second kappa shape index (κ2) is 8.89. The Balaban J connectivity index is 1.96. The SMILES string of the molecule is C=C(C)/C=C\C(=C)Oc1cccc(NS(=O)Cc2ccccc2)c1. The Morgan fingerprint density at radius 1 is 1.12 bits per heavy atom. The maximum Gasteiger partial charge on any atom is 0.129 e. The fourth-order valence-corrected chi connectivity index (χ4v) is 2.89. The number of anilines is 1. The van der Waals surface area contributed by atoms with Crippen molar-refractivity contribution in [1.29, 1.82) is 0 Å². The van der Waals surface area contributed by atoms with E-state index in [1.807, 2.05) is 61.5 Å². The average Bonchev–Trinajstić information content (AvgIpc) is 2.54. The van der Waals surface area contributed by atoms with Crippen molar-refractivity contribution in [1.82, 2.24) is 0 Å². The minimum absolute atomic E-state index is 0.444. The molecule has 124 valence electrons. The molecule has 0 fully saturated rings. The molecule has 0 aliphatic heterocycles. The standard InChI is InChI=1S/C20H21NO2S/c1-16(2)12-13-17(3)23-20-11-7-10-19(14-20)21-24(22)15-18-8-5-4-6-9-18/h4-14,21H,1,3,15H2,2H3/b13-12-. The number of allylic oxidation sites excluding steroid dienone is 3. The molecule has 1 unspecified atom stereocenters. The van der Waals surface area contributed by atoms with Crippen LogP contribution in [0, 0.1) is 0 Å². The molecule has 4 heteroatoms. The summed E-state index contributed by atoms with van der Waals surface area (Å²) in [6.45, 7) is 9.53. The summed E-state index contributed by atoms with van der Waals surface area (Å²) >= 11 is 0. The van der Waals surface area contributed by atoms with Gasteiger partial charge in [0.15, 0.2) is 0 Å². The zero-order valence-electron chi connectivity index (χ0n) is 13.7. The minimum Gasteiger partial charge on any atom is -0.458 e. The summed E-state index contributed by atoms with van der Waals surface area (Å²) in [7, 11) is -1.21. The molecule has 2 rings (SSSR count). The van der Waals surface area contributed by atoms with Gasteiger partial charge >= 0.3 is 0 Å². The smallest absolute Gasteiger partial charge is 0.129 e. The highest BCUT2D eigenvalue weighted by Gasteiger charge is 2.04. The minimum atomic E-state index is -1.21. The number of benzene rings is 2. The normalized spacial score (nSPS) is 11.9. The van der Waals surface area contributed by atoms with Gasteiger partial charge in [0.25, 0.3) is 0 Å². The number of hydrogen-bond donors (Lipinski definition) is 1. The summed E-state index contributed by atoms with van der Waals surface area (Å²) in [6, 6.07) is 17.0. The van der Waals surface area contributed by atoms with Crippen molar-refractivity contribution in [2.75, 3.05) is 4.72 Å². The summed E-state index contributed by atoms with van der Waals surface area (Å²) in [5.41, 5.74) is 2.68. The van der Waals surface area contributed by atoms with Gasteiger partial charge in [-0.25, -0.2) is 4.21 Å². The molecule has 0 amide bonds. The molecule has 1 N–H and O–H groups in total. The molecular formula is C20H21NO2S. The molecule has 2 aromatic rings. The fraction of sp³-hybridized carbons (Fsp3) is 0.100. The third-order valence-corrected chi connectivity index (χ3v) is 4.07. The van der Waals surface area contributed by atoms with Crippen LogP contribution in [-0.2, 0) is 16.7 Å². The molecule has 3 nitrogen and oxygen atoms in total. The van der Waals surface area contributed by atoms with Crippen molar-refractivity contribution in [3.8, 4) is 5.75 Å². The summed E-state index contributed by atoms with van der Waals surface area (Å²) in [5, 5.41) is 0. The first-order chi connectivity index (χ1) is 11.5. The van der Waals surface area contributed by atoms with Gasteiger partial charge in [0.05, 0.1) is 5.75 Å². The molecule has 1 atom stereocenters. The number of hydrogen-bond acceptors (Lipinski definition) is 2. The van der Waals surface area contributed by atoms with Crippen molar-refractivity contribution in [2.45, 2.75) is 12.7 Å². The molecule has 0 saturated heterocycles. The number of ether oxygens (including phenoxy) is 1. The Bertz CT molecular complexity index is 766. The van der Waals surface area contributed by atoms with E-state index in [2.05, 4.69) is 17.9 Å². The Morgan fingerprint density at radius 2 is 1.88 bits per heavy atom. The zero-order valence-corrected chi connectivity index (χ0v) is 14.5. The lowest BCUT2D eigenvalue weighted by Crippen LogP contribution is -2.07. The van der Waals surface area contributed by atoms with E-state index >= 15 is 0 Å². The van der Waals surface area contributed by atoms with Crippen molar-refractivity contribution in [2.24, 2.45) is 0 Å². The monoisotopic (exact) mass is 339 g/mol. The Hall–Kier alpha value is -2.59. The van der Waals surface area contributed by atoms with Crippen LogP contribution in [0.4, 0.5) is 5.69 Å². The van der Waals surface area contributed by atoms with Gasteiger partial charge in [-0.3, -0.25) is 0 Å². The Kier molecular flexibility index (Phi) is 6.58. The summed E-state index contributed by atoms with van der Waals surface area (Å²) in [4.78, 5) is 0. The lowest BCUT2D eigenvalue weighted by atomic mass is 10.2. The highest BCUT2D eigenvalue weighted by Crippen LogP contribution is 2.20. The van der Waals surface area contributed by atoms with E-state index in [-0.39, 0.29) is 0 Å². The molecule has 24 heavy (non-hydrogen) atoms. The highest BCUT2D eigenvalue weighted by atomic mass is 32.2. The lowest BCUT2D eigenvalue weighted by Gasteiger charge is -2.09. The van der Waals surface area contributed by atoms with E-state index in [0.29, 0.717) is 17.3 Å². The first-order valence-electron chi connectivity index (χ1n) is 7.52. The second-order valence-electron chi connectivity index (χ2n) is 5.35. The van der Waals surface area contributed by atoms with E-state index < -0.39 is 11.0 Å². The molecule has 0 spiro atoms. The third kappa shape index (κ3) is 6.26. The summed E-state index contributed by atoms with van der Waals surface area (Å²) in [5.74, 6) is 1.59. The van der Waals surface area contributed by atoms with Gasteiger partial charge in [0.1, 0.15) is 22.5 Å². The maximum absolute atomic E-state index is 12.2. The van der Waals surface area contributed by atoms with Gasteiger partial charge in [0.2, 0.25) is 0 Å². The molecule has 2 aromatic carbocycles. The molecular weight excluding hydrogens is 318 g/mol. The highest BCUT2D eigenvalue weighted by molar-refractivity contribution is 7.85. The van der Waals surface area contributed by atoms with Crippen molar-refractivity contribution >= 4 is 16.7 Å². The number of nitrogens with one attached hydrogen (secondary N) is 1. The van der Waals surface area contributed by atoms with Gasteiger partial charge in [-0.15, -0.1) is 0 Å². The fourth-order valence-electron chi connectivity index (χ4n) is 1.94. The molecule has 0 aromatic heterocycles. The first-order valence-corrected chi connectivity index (χ1v) is 8.84. The third-order valence-electron chi connectivity index (χ3n) is 3.01. The molecule has 0 bridgehead atoms. The van der Waals surface area contributed by atoms with Gasteiger partial charge in [0, 0.05) is 11.8 Å². The predicted molar refractivity (Wildman–Crippen MR) is 102 cm³/mol. The van der Waals surface area contributed by atoms with Gasteiger partial charge in [-0.05, 0) is 30.7 Å². The lowest BCUT2D eigenvalue weighted by molar-refractivity contribution is 0.447. The van der Waals surface area contributed by atoms with Crippen LogP contribution in [0.15, 0.2) is 91.2 Å². The van der Waals surface area contributed by atoms with Crippen molar-refractivity contribution in [3.05, 3.63) is 96.8 Å². The van der Waals surface area contributed by atoms with E-state index in [1.165, 1.54) is 0 Å². The van der Waals surface area contributed by atoms with Crippen LogP contribution in [0.3, 0.4) is 0 Å². The van der Waals surface area contributed by atoms with Crippen LogP contribution in [0.25, 0.3) is 0 Å². The summed E-state index contributed by atoms with van der Waals surface area (Å²) in [6.07, 6.45) is 3.59. The van der Waals surface area contributed by atoms with Crippen LogP contribution in [0.2, 0.25) is 0 Å².